The van der Waals surface area contributed by atoms with Crippen LogP contribution < -0.4 is 9.64 Å². The van der Waals surface area contributed by atoms with Gasteiger partial charge in [0.05, 0.1) is 17.7 Å². The Bertz CT molecular complexity index is 995. The lowest BCUT2D eigenvalue weighted by atomic mass is 10.1. The highest BCUT2D eigenvalue weighted by Crippen LogP contribution is 2.28. The van der Waals surface area contributed by atoms with E-state index in [2.05, 4.69) is 20.0 Å². The van der Waals surface area contributed by atoms with Crippen molar-refractivity contribution in [2.75, 3.05) is 37.7 Å². The van der Waals surface area contributed by atoms with E-state index in [1.165, 1.54) is 0 Å². The van der Waals surface area contributed by atoms with Crippen LogP contribution in [0, 0.1) is 6.92 Å². The van der Waals surface area contributed by atoms with Crippen molar-refractivity contribution in [3.05, 3.63) is 54.0 Å². The average molecular weight is 393 g/mol. The zero-order valence-electron chi connectivity index (χ0n) is 16.5. The average Bonchev–Trinajstić information content (AvgIpc) is 3.20. The minimum absolute atomic E-state index is 0.0116. The van der Waals surface area contributed by atoms with Crippen molar-refractivity contribution in [1.82, 2.24) is 20.0 Å². The summed E-state index contributed by atoms with van der Waals surface area (Å²) in [6, 6.07) is 11.2. The molecule has 2 aromatic heterocycles. The van der Waals surface area contributed by atoms with E-state index in [1.807, 2.05) is 48.2 Å². The van der Waals surface area contributed by atoms with Crippen molar-refractivity contribution < 1.29 is 14.1 Å². The third-order valence-corrected chi connectivity index (χ3v) is 4.83. The molecule has 3 aromatic rings. The molecule has 0 aliphatic carbocycles. The number of piperazine rings is 1. The zero-order chi connectivity index (χ0) is 20.2. The van der Waals surface area contributed by atoms with Gasteiger partial charge in [-0.25, -0.2) is 4.98 Å². The number of aryl methyl sites for hydroxylation is 1. The van der Waals surface area contributed by atoms with Gasteiger partial charge in [-0.15, -0.1) is 0 Å². The van der Waals surface area contributed by atoms with Crippen molar-refractivity contribution in [3.8, 4) is 17.2 Å². The number of hydrogen-bond donors (Lipinski definition) is 0. The van der Waals surface area contributed by atoms with Crippen LogP contribution in [0.15, 0.2) is 47.1 Å². The molecule has 0 saturated carbocycles. The number of carbonyl (C=O) groups excluding carboxylic acids is 1. The molecule has 29 heavy (non-hydrogen) atoms. The first kappa shape index (κ1) is 18.9. The molecule has 0 unspecified atom stereocenters. The van der Waals surface area contributed by atoms with Gasteiger partial charge >= 0.3 is 0 Å². The molecule has 1 aromatic carbocycles. The van der Waals surface area contributed by atoms with Crippen LogP contribution in [0.1, 0.15) is 23.1 Å². The predicted molar refractivity (Wildman–Crippen MR) is 108 cm³/mol. The van der Waals surface area contributed by atoms with Gasteiger partial charge in [0.15, 0.2) is 5.82 Å². The number of hydrogen-bond acceptors (Lipinski definition) is 7. The first-order valence-electron chi connectivity index (χ1n) is 9.69. The predicted octanol–water partition coefficient (Wildman–Crippen LogP) is 2.80. The molecular weight excluding hydrogens is 370 g/mol. The highest BCUT2D eigenvalue weighted by molar-refractivity contribution is 5.97. The molecule has 3 heterocycles. The monoisotopic (exact) mass is 393 g/mol. The Morgan fingerprint density at radius 1 is 1.14 bits per heavy atom. The van der Waals surface area contributed by atoms with Crippen LogP contribution in [0.5, 0.6) is 5.75 Å². The molecule has 1 fully saturated rings. The van der Waals surface area contributed by atoms with Gasteiger partial charge in [-0.3, -0.25) is 4.79 Å². The number of aromatic nitrogens is 3. The van der Waals surface area contributed by atoms with Crippen LogP contribution in [0.3, 0.4) is 0 Å². The van der Waals surface area contributed by atoms with E-state index in [9.17, 15) is 4.79 Å². The van der Waals surface area contributed by atoms with Crippen LogP contribution in [0.4, 0.5) is 5.82 Å². The van der Waals surface area contributed by atoms with E-state index < -0.39 is 0 Å². The Morgan fingerprint density at radius 3 is 2.66 bits per heavy atom. The Hall–Kier alpha value is -3.42. The van der Waals surface area contributed by atoms with E-state index in [-0.39, 0.29) is 5.91 Å². The summed E-state index contributed by atoms with van der Waals surface area (Å²) in [5.41, 5.74) is 1.40. The van der Waals surface area contributed by atoms with Gasteiger partial charge in [-0.1, -0.05) is 17.3 Å². The van der Waals surface area contributed by atoms with Crippen LogP contribution in [-0.4, -0.2) is 58.7 Å². The van der Waals surface area contributed by atoms with Gasteiger partial charge in [-0.2, -0.15) is 4.98 Å². The number of ether oxygens (including phenoxy) is 1. The third kappa shape index (κ3) is 3.91. The fraction of sp³-hybridized carbons (Fsp3) is 0.333. The van der Waals surface area contributed by atoms with Gasteiger partial charge in [0.2, 0.25) is 0 Å². The van der Waals surface area contributed by atoms with Gasteiger partial charge < -0.3 is 19.1 Å². The van der Waals surface area contributed by atoms with Gasteiger partial charge in [0, 0.05) is 32.4 Å². The summed E-state index contributed by atoms with van der Waals surface area (Å²) in [5, 5.41) is 3.87. The molecule has 4 rings (SSSR count). The topological polar surface area (TPSA) is 84.6 Å². The molecule has 1 aliphatic rings. The zero-order valence-corrected chi connectivity index (χ0v) is 16.5. The lowest BCUT2D eigenvalue weighted by molar-refractivity contribution is 0.0742. The summed E-state index contributed by atoms with van der Waals surface area (Å²) < 4.78 is 10.9. The minimum Gasteiger partial charge on any atom is -0.493 e. The maximum Gasteiger partial charge on any atom is 0.261 e. The number of para-hydroxylation sites is 1. The Kier molecular flexibility index (Phi) is 5.41. The quantitative estimate of drug-likeness (QED) is 0.659. The van der Waals surface area contributed by atoms with Crippen molar-refractivity contribution in [1.29, 1.82) is 0 Å². The van der Waals surface area contributed by atoms with Crippen molar-refractivity contribution in [2.45, 2.75) is 13.8 Å². The second-order valence-electron chi connectivity index (χ2n) is 6.73. The summed E-state index contributed by atoms with van der Waals surface area (Å²) in [6.45, 7) is 6.74. The van der Waals surface area contributed by atoms with Crippen LogP contribution in [-0.2, 0) is 0 Å². The van der Waals surface area contributed by atoms with Gasteiger partial charge in [0.1, 0.15) is 11.6 Å². The lowest BCUT2D eigenvalue weighted by Gasteiger charge is -2.36. The third-order valence-electron chi connectivity index (χ3n) is 4.83. The lowest BCUT2D eigenvalue weighted by Crippen LogP contribution is -2.49. The molecule has 0 spiro atoms. The molecule has 1 aliphatic heterocycles. The van der Waals surface area contributed by atoms with E-state index in [0.29, 0.717) is 55.8 Å². The number of rotatable bonds is 5. The van der Waals surface area contributed by atoms with Crippen molar-refractivity contribution in [3.63, 3.8) is 0 Å². The first-order valence-corrected chi connectivity index (χ1v) is 9.69. The maximum absolute atomic E-state index is 13.0. The summed E-state index contributed by atoms with van der Waals surface area (Å²) in [6.07, 6.45) is 1.75. The smallest absolute Gasteiger partial charge is 0.261 e. The van der Waals surface area contributed by atoms with Gasteiger partial charge in [0.25, 0.3) is 11.8 Å². The first-order chi connectivity index (χ1) is 14.2. The number of anilines is 1. The molecule has 0 radical (unpaired) electrons. The SMILES string of the molecule is CCOc1ccccc1C(=O)N1CCN(c2ncccc2-c2nc(C)no2)CC1. The molecular formula is C21H23N5O3. The van der Waals surface area contributed by atoms with Crippen LogP contribution in [0.2, 0.25) is 0 Å². The molecule has 8 nitrogen and oxygen atoms in total. The van der Waals surface area contributed by atoms with E-state index >= 15 is 0 Å². The molecule has 150 valence electrons. The fourth-order valence-corrected chi connectivity index (χ4v) is 3.44. The molecule has 0 N–H and O–H groups in total. The number of benzene rings is 1. The number of amides is 1. The highest BCUT2D eigenvalue weighted by atomic mass is 16.5. The van der Waals surface area contributed by atoms with Gasteiger partial charge in [-0.05, 0) is 38.1 Å². The van der Waals surface area contributed by atoms with E-state index in [1.54, 1.807) is 13.1 Å². The molecule has 1 saturated heterocycles. The Balaban J connectivity index is 1.49. The normalized spacial score (nSPS) is 14.1. The van der Waals surface area contributed by atoms with E-state index in [4.69, 9.17) is 9.26 Å². The number of carbonyl (C=O) groups is 1. The summed E-state index contributed by atoms with van der Waals surface area (Å²) in [4.78, 5) is 25.9. The molecule has 0 atom stereocenters. The summed E-state index contributed by atoms with van der Waals surface area (Å²) in [5.74, 6) is 2.44. The second-order valence-corrected chi connectivity index (χ2v) is 6.73. The van der Waals surface area contributed by atoms with Crippen LogP contribution in [0.25, 0.3) is 11.5 Å². The van der Waals surface area contributed by atoms with Crippen LogP contribution >= 0.6 is 0 Å². The molecule has 1 amide bonds. The molecule has 0 bridgehead atoms. The summed E-state index contributed by atoms with van der Waals surface area (Å²) >= 11 is 0. The Morgan fingerprint density at radius 2 is 1.93 bits per heavy atom. The van der Waals surface area contributed by atoms with E-state index in [0.717, 1.165) is 11.4 Å². The second kappa shape index (κ2) is 8.30. The number of pyridine rings is 1. The van der Waals surface area contributed by atoms with Crippen molar-refractivity contribution in [2.24, 2.45) is 0 Å². The number of nitrogens with zero attached hydrogens (tertiary/aromatic N) is 5. The maximum atomic E-state index is 13.0. The fourth-order valence-electron chi connectivity index (χ4n) is 3.44. The highest BCUT2D eigenvalue weighted by Gasteiger charge is 2.26. The minimum atomic E-state index is -0.0116. The molecule has 8 heteroatoms. The largest absolute Gasteiger partial charge is 0.493 e. The van der Waals surface area contributed by atoms with Crippen molar-refractivity contribution >= 4 is 11.7 Å². The standard InChI is InChI=1S/C21H23N5O3/c1-3-28-18-9-5-4-7-16(18)21(27)26-13-11-25(12-14-26)19-17(8-6-10-22-19)20-23-15(2)24-29-20/h4-10H,3,11-14H2,1-2H3. The Labute approximate surface area is 169 Å². The summed E-state index contributed by atoms with van der Waals surface area (Å²) in [7, 11) is 0.